The van der Waals surface area contributed by atoms with Gasteiger partial charge in [-0.1, -0.05) is 0 Å². The molecule has 0 heterocycles. The third-order valence-electron chi connectivity index (χ3n) is 2.60. The van der Waals surface area contributed by atoms with E-state index in [9.17, 15) is 28.8 Å². The van der Waals surface area contributed by atoms with Crippen molar-refractivity contribution in [1.29, 1.82) is 0 Å². The molecule has 4 N–H and O–H groups in total. The summed E-state index contributed by atoms with van der Waals surface area (Å²) in [6.07, 6.45) is 5.46. The van der Waals surface area contributed by atoms with Crippen LogP contribution in [-0.4, -0.2) is 69.2 Å². The van der Waals surface area contributed by atoms with Gasteiger partial charge in [-0.25, -0.2) is 4.79 Å². The van der Waals surface area contributed by atoms with Gasteiger partial charge in [0, 0.05) is 25.5 Å². The lowest BCUT2D eigenvalue weighted by Gasteiger charge is -2.00. The SMILES string of the molecule is COC(=O)CCCN.COC(=O)CCCNC(=O)/C=C/OC=O.O=CO/C=C/C(=O)O. The number of carbonyl (C=O) groups excluding carboxylic acids is 5. The Balaban J connectivity index is -0.000000415. The summed E-state index contributed by atoms with van der Waals surface area (Å²) in [6, 6.07) is 0. The van der Waals surface area contributed by atoms with Gasteiger partial charge in [0.15, 0.2) is 0 Å². The van der Waals surface area contributed by atoms with Gasteiger partial charge in [0.05, 0.1) is 26.6 Å². The smallest absolute Gasteiger partial charge is 0.331 e. The van der Waals surface area contributed by atoms with E-state index in [2.05, 4.69) is 24.3 Å². The van der Waals surface area contributed by atoms with Crippen LogP contribution in [0.25, 0.3) is 0 Å². The Kier molecular flexibility index (Phi) is 27.1. The third kappa shape index (κ3) is 34.2. The minimum Gasteiger partial charge on any atom is -0.478 e. The molecule has 0 fully saturated rings. The molecule has 0 radical (unpaired) electrons. The normalized spacial score (nSPS) is 9.26. The van der Waals surface area contributed by atoms with E-state index in [0.29, 0.717) is 38.4 Å². The van der Waals surface area contributed by atoms with Gasteiger partial charge in [-0.15, -0.1) is 0 Å². The maximum Gasteiger partial charge on any atom is 0.331 e. The Morgan fingerprint density at radius 2 is 1.35 bits per heavy atom. The number of rotatable bonds is 13. The largest absolute Gasteiger partial charge is 0.478 e. The van der Waals surface area contributed by atoms with Gasteiger partial charge in [0.2, 0.25) is 5.91 Å². The van der Waals surface area contributed by atoms with Crippen molar-refractivity contribution in [2.45, 2.75) is 25.7 Å². The summed E-state index contributed by atoms with van der Waals surface area (Å²) in [5.41, 5.74) is 5.12. The number of carbonyl (C=O) groups is 6. The molecular weight excluding hydrogens is 420 g/mol. The Hall–Kier alpha value is -3.74. The average molecular weight is 448 g/mol. The number of nitrogens with one attached hydrogen (secondary N) is 1. The second-order valence-corrected chi connectivity index (χ2v) is 4.85. The second-order valence-electron chi connectivity index (χ2n) is 4.85. The van der Waals surface area contributed by atoms with E-state index in [-0.39, 0.29) is 37.2 Å². The number of nitrogens with two attached hydrogens (primary N) is 1. The Bertz CT molecular complexity index is 589. The molecule has 0 aromatic heterocycles. The zero-order valence-electron chi connectivity index (χ0n) is 17.3. The van der Waals surface area contributed by atoms with Gasteiger partial charge in [-0.3, -0.25) is 24.0 Å². The maximum absolute atomic E-state index is 10.9. The van der Waals surface area contributed by atoms with Crippen molar-refractivity contribution in [1.82, 2.24) is 5.32 Å². The highest BCUT2D eigenvalue weighted by Crippen LogP contribution is 1.89. The van der Waals surface area contributed by atoms with E-state index in [1.54, 1.807) is 0 Å². The van der Waals surface area contributed by atoms with Crippen LogP contribution in [0.3, 0.4) is 0 Å². The first-order valence-electron chi connectivity index (χ1n) is 8.64. The lowest BCUT2D eigenvalue weighted by atomic mass is 10.3. The molecular formula is C18H28N2O11. The van der Waals surface area contributed by atoms with Gasteiger partial charge < -0.3 is 35.1 Å². The highest BCUT2D eigenvalue weighted by atomic mass is 16.5. The number of hydrogen-bond donors (Lipinski definition) is 3. The van der Waals surface area contributed by atoms with Crippen molar-refractivity contribution >= 4 is 36.8 Å². The zero-order valence-corrected chi connectivity index (χ0v) is 17.3. The molecule has 0 atom stereocenters. The first-order chi connectivity index (χ1) is 14.8. The molecule has 0 aromatic carbocycles. The molecule has 0 spiro atoms. The number of esters is 2. The molecule has 0 unspecified atom stereocenters. The van der Waals surface area contributed by atoms with Crippen molar-refractivity contribution < 1.29 is 52.8 Å². The Morgan fingerprint density at radius 1 is 0.871 bits per heavy atom. The van der Waals surface area contributed by atoms with Crippen LogP contribution < -0.4 is 11.1 Å². The molecule has 0 aromatic rings. The van der Waals surface area contributed by atoms with Crippen LogP contribution in [0.5, 0.6) is 0 Å². The second kappa shape index (κ2) is 26.3. The molecule has 13 heteroatoms. The van der Waals surface area contributed by atoms with E-state index in [1.807, 2.05) is 0 Å². The number of carboxylic acid groups (broad SMARTS) is 1. The maximum atomic E-state index is 10.9. The van der Waals surface area contributed by atoms with Crippen molar-refractivity contribution in [3.63, 3.8) is 0 Å². The highest BCUT2D eigenvalue weighted by molar-refractivity contribution is 5.87. The van der Waals surface area contributed by atoms with Crippen LogP contribution >= 0.6 is 0 Å². The van der Waals surface area contributed by atoms with Gasteiger partial charge in [-0.2, -0.15) is 0 Å². The first-order valence-corrected chi connectivity index (χ1v) is 8.64. The van der Waals surface area contributed by atoms with E-state index in [0.717, 1.165) is 18.6 Å². The summed E-state index contributed by atoms with van der Waals surface area (Å²) in [7, 11) is 2.68. The van der Waals surface area contributed by atoms with Crippen LogP contribution in [0.2, 0.25) is 0 Å². The molecule has 31 heavy (non-hydrogen) atoms. The Labute approximate surface area is 179 Å². The molecule has 1 amide bonds. The van der Waals surface area contributed by atoms with Gasteiger partial charge in [-0.05, 0) is 19.4 Å². The average Bonchev–Trinajstić information content (AvgIpc) is 2.75. The summed E-state index contributed by atoms with van der Waals surface area (Å²) in [4.78, 5) is 60.5. The highest BCUT2D eigenvalue weighted by Gasteiger charge is 2.00. The molecule has 0 saturated heterocycles. The van der Waals surface area contributed by atoms with Crippen LogP contribution in [0.15, 0.2) is 24.7 Å². The molecule has 0 saturated carbocycles. The standard InChI is InChI=1S/C9H13NO5.C5H11NO2.C4H4O4/c1-14-9(13)3-2-5-10-8(12)4-6-15-7-11;1-8-5(7)3-2-4-6;5-3-8-2-1-4(6)7/h4,6-7H,2-3,5H2,1H3,(H,10,12);2-4,6H2,1H3;1-3H,(H,6,7)/b6-4+;;2-1+. The number of methoxy groups -OCH3 is 2. The van der Waals surface area contributed by atoms with Crippen LogP contribution in [0, 0.1) is 0 Å². The fourth-order valence-electron chi connectivity index (χ4n) is 1.22. The summed E-state index contributed by atoms with van der Waals surface area (Å²) in [6.45, 7) is 1.26. The van der Waals surface area contributed by atoms with Crippen molar-refractivity contribution in [2.24, 2.45) is 5.73 Å². The molecule has 0 rings (SSSR count). The van der Waals surface area contributed by atoms with E-state index in [4.69, 9.17) is 10.8 Å². The molecule has 0 aliphatic rings. The summed E-state index contributed by atoms with van der Waals surface area (Å²) >= 11 is 0. The quantitative estimate of drug-likeness (QED) is 0.0808. The zero-order chi connectivity index (χ0) is 24.3. The van der Waals surface area contributed by atoms with E-state index in [1.165, 1.54) is 14.2 Å². The third-order valence-corrected chi connectivity index (χ3v) is 2.60. The lowest BCUT2D eigenvalue weighted by Crippen LogP contribution is -2.22. The van der Waals surface area contributed by atoms with E-state index >= 15 is 0 Å². The number of amides is 1. The number of ether oxygens (including phenoxy) is 4. The number of hydrogen-bond acceptors (Lipinski definition) is 11. The summed E-state index contributed by atoms with van der Waals surface area (Å²) < 4.78 is 16.8. The fourth-order valence-corrected chi connectivity index (χ4v) is 1.22. The van der Waals surface area contributed by atoms with Crippen molar-refractivity contribution in [2.75, 3.05) is 27.3 Å². The predicted octanol–water partition coefficient (Wildman–Crippen LogP) is -0.601. The topological polar surface area (TPSA) is 198 Å². The summed E-state index contributed by atoms with van der Waals surface area (Å²) in [5, 5.41) is 10.3. The minimum absolute atomic E-state index is 0.138. The van der Waals surface area contributed by atoms with Crippen molar-refractivity contribution in [3.8, 4) is 0 Å². The number of aliphatic carboxylic acids is 1. The molecule has 0 bridgehead atoms. The fraction of sp³-hybridized carbons (Fsp3) is 0.444. The molecule has 0 aliphatic heterocycles. The van der Waals surface area contributed by atoms with Crippen LogP contribution in [0.1, 0.15) is 25.7 Å². The molecule has 0 aliphatic carbocycles. The first kappa shape index (κ1) is 31.9. The predicted molar refractivity (Wildman–Crippen MR) is 105 cm³/mol. The number of carboxylic acids is 1. The van der Waals surface area contributed by atoms with Crippen molar-refractivity contribution in [3.05, 3.63) is 24.7 Å². The molecule has 13 nitrogen and oxygen atoms in total. The van der Waals surface area contributed by atoms with Crippen LogP contribution in [0.4, 0.5) is 0 Å². The van der Waals surface area contributed by atoms with Gasteiger partial charge >= 0.3 is 17.9 Å². The minimum atomic E-state index is -1.15. The monoisotopic (exact) mass is 448 g/mol. The summed E-state index contributed by atoms with van der Waals surface area (Å²) in [5.74, 6) is -2.03. The van der Waals surface area contributed by atoms with Gasteiger partial charge in [0.25, 0.3) is 12.9 Å². The Morgan fingerprint density at radius 3 is 1.77 bits per heavy atom. The van der Waals surface area contributed by atoms with Gasteiger partial charge in [0.1, 0.15) is 6.26 Å². The van der Waals surface area contributed by atoms with Crippen LogP contribution in [-0.2, 0) is 47.7 Å². The van der Waals surface area contributed by atoms with E-state index < -0.39 is 5.97 Å². The molecule has 176 valence electrons. The lowest BCUT2D eigenvalue weighted by molar-refractivity contribution is -0.141.